The molecule has 180 valence electrons. The standard InChI is InChI=1S/C27H32ClN3O3/c1-27(34,22-6-9-24(18-33)29-16-22)19-30-13-14-31(25-10-2-20(3-11-25)12-15-32)26(17-30)21-4-7-23(28)8-5-21/h2-11,16,26,32-34H,12-15,17-19H2,1H3/t26-,27+/m0/s1. The van der Waals surface area contributed by atoms with Crippen LogP contribution in [0.2, 0.25) is 5.02 Å². The molecule has 0 amide bonds. The Hall–Kier alpha value is -2.48. The maximum atomic E-state index is 11.3. The highest BCUT2D eigenvalue weighted by Gasteiger charge is 2.33. The lowest BCUT2D eigenvalue weighted by Gasteiger charge is -2.45. The Labute approximate surface area is 206 Å². The van der Waals surface area contributed by atoms with E-state index in [1.54, 1.807) is 12.3 Å². The molecule has 0 saturated carbocycles. The predicted molar refractivity (Wildman–Crippen MR) is 135 cm³/mol. The van der Waals surface area contributed by atoms with Crippen LogP contribution in [0.4, 0.5) is 5.69 Å². The van der Waals surface area contributed by atoms with Gasteiger partial charge in [0.1, 0.15) is 5.60 Å². The van der Waals surface area contributed by atoms with Crippen LogP contribution in [0.5, 0.6) is 0 Å². The number of aliphatic hydroxyl groups is 3. The normalized spacial score (nSPS) is 18.6. The molecule has 3 aromatic rings. The van der Waals surface area contributed by atoms with Crippen molar-refractivity contribution in [3.63, 3.8) is 0 Å². The van der Waals surface area contributed by atoms with Gasteiger partial charge in [-0.25, -0.2) is 0 Å². The minimum Gasteiger partial charge on any atom is -0.396 e. The maximum Gasteiger partial charge on any atom is 0.101 e. The number of β-amino-alcohol motifs (C(OH)–C–C–N with tert-alkyl or cyclic N) is 1. The maximum absolute atomic E-state index is 11.3. The summed E-state index contributed by atoms with van der Waals surface area (Å²) in [4.78, 5) is 8.92. The number of aliphatic hydroxyl groups excluding tert-OH is 2. The number of hydrogen-bond acceptors (Lipinski definition) is 6. The molecule has 1 fully saturated rings. The van der Waals surface area contributed by atoms with Gasteiger partial charge in [0.2, 0.25) is 0 Å². The molecule has 6 nitrogen and oxygen atoms in total. The second-order valence-corrected chi connectivity index (χ2v) is 9.54. The zero-order chi connectivity index (χ0) is 24.1. The van der Waals surface area contributed by atoms with Crippen LogP contribution < -0.4 is 4.90 Å². The second-order valence-electron chi connectivity index (χ2n) is 9.11. The average molecular weight is 482 g/mol. The molecule has 1 aliphatic heterocycles. The van der Waals surface area contributed by atoms with Crippen LogP contribution in [-0.4, -0.2) is 58.0 Å². The molecule has 0 radical (unpaired) electrons. The monoisotopic (exact) mass is 481 g/mol. The topological polar surface area (TPSA) is 80.1 Å². The number of pyridine rings is 1. The molecule has 2 aromatic carbocycles. The van der Waals surface area contributed by atoms with Crippen molar-refractivity contribution >= 4 is 17.3 Å². The first kappa shape index (κ1) is 24.6. The Balaban J connectivity index is 1.55. The Bertz CT molecular complexity index is 1060. The third-order valence-electron chi connectivity index (χ3n) is 6.53. The molecule has 1 aromatic heterocycles. The third kappa shape index (κ3) is 5.77. The van der Waals surface area contributed by atoms with Crippen LogP contribution in [0.25, 0.3) is 0 Å². The van der Waals surface area contributed by atoms with Gasteiger partial charge in [0.05, 0.1) is 18.3 Å². The van der Waals surface area contributed by atoms with E-state index in [1.165, 1.54) is 5.56 Å². The van der Waals surface area contributed by atoms with Gasteiger partial charge in [0.15, 0.2) is 0 Å². The Morgan fingerprint density at radius 2 is 1.74 bits per heavy atom. The minimum atomic E-state index is -1.07. The number of nitrogens with zero attached hydrogens (tertiary/aromatic N) is 3. The lowest BCUT2D eigenvalue weighted by atomic mass is 9.94. The summed E-state index contributed by atoms with van der Waals surface area (Å²) in [6, 6.07) is 20.0. The molecule has 0 unspecified atom stereocenters. The summed E-state index contributed by atoms with van der Waals surface area (Å²) in [7, 11) is 0. The van der Waals surface area contributed by atoms with E-state index in [9.17, 15) is 15.3 Å². The lowest BCUT2D eigenvalue weighted by molar-refractivity contribution is 0.00997. The van der Waals surface area contributed by atoms with Crippen molar-refractivity contribution in [3.8, 4) is 0 Å². The molecular weight excluding hydrogens is 450 g/mol. The van der Waals surface area contributed by atoms with E-state index >= 15 is 0 Å². The number of hydrogen-bond donors (Lipinski definition) is 3. The zero-order valence-corrected chi connectivity index (χ0v) is 20.2. The summed E-state index contributed by atoms with van der Waals surface area (Å²) >= 11 is 6.16. The highest BCUT2D eigenvalue weighted by Crippen LogP contribution is 2.33. The molecule has 0 spiro atoms. The molecule has 4 rings (SSSR count). The Morgan fingerprint density at radius 1 is 1.00 bits per heavy atom. The second kappa shape index (κ2) is 10.8. The SMILES string of the molecule is C[C@@](O)(CN1CCN(c2ccc(CCO)cc2)[C@H](c2ccc(Cl)cc2)C1)c1ccc(CO)nc1. The molecule has 2 heterocycles. The molecule has 3 N–H and O–H groups in total. The van der Waals surface area contributed by atoms with Gasteiger partial charge in [-0.15, -0.1) is 0 Å². The van der Waals surface area contributed by atoms with Crippen LogP contribution in [-0.2, 0) is 18.6 Å². The van der Waals surface area contributed by atoms with Crippen molar-refractivity contribution in [3.05, 3.63) is 94.3 Å². The summed E-state index contributed by atoms with van der Waals surface area (Å²) < 4.78 is 0. The molecular formula is C27H32ClN3O3. The minimum absolute atomic E-state index is 0.0976. The quantitative estimate of drug-likeness (QED) is 0.456. The van der Waals surface area contributed by atoms with Crippen LogP contribution in [0.3, 0.4) is 0 Å². The van der Waals surface area contributed by atoms with Crippen LogP contribution in [0, 0.1) is 0 Å². The van der Waals surface area contributed by atoms with E-state index in [2.05, 4.69) is 51.2 Å². The van der Waals surface area contributed by atoms with Gasteiger partial charge >= 0.3 is 0 Å². The number of benzene rings is 2. The van der Waals surface area contributed by atoms with E-state index in [4.69, 9.17) is 11.6 Å². The van der Waals surface area contributed by atoms with Gasteiger partial charge in [0.25, 0.3) is 0 Å². The summed E-state index contributed by atoms with van der Waals surface area (Å²) in [5, 5.41) is 30.4. The van der Waals surface area contributed by atoms with Crippen molar-refractivity contribution in [2.45, 2.75) is 31.6 Å². The highest BCUT2D eigenvalue weighted by molar-refractivity contribution is 6.30. The number of anilines is 1. The highest BCUT2D eigenvalue weighted by atomic mass is 35.5. The number of rotatable bonds is 8. The van der Waals surface area contributed by atoms with Gasteiger partial charge in [-0.05, 0) is 54.8 Å². The summed E-state index contributed by atoms with van der Waals surface area (Å²) in [6.07, 6.45) is 2.30. The molecule has 0 bridgehead atoms. The van der Waals surface area contributed by atoms with E-state index in [-0.39, 0.29) is 19.3 Å². The van der Waals surface area contributed by atoms with E-state index < -0.39 is 5.60 Å². The lowest BCUT2D eigenvalue weighted by Crippen LogP contribution is -2.52. The predicted octanol–water partition coefficient (Wildman–Crippen LogP) is 3.53. The van der Waals surface area contributed by atoms with Crippen LogP contribution in [0.1, 0.15) is 35.3 Å². The summed E-state index contributed by atoms with van der Waals surface area (Å²) in [6.45, 7) is 4.67. The first-order valence-electron chi connectivity index (χ1n) is 11.6. The van der Waals surface area contributed by atoms with Crippen molar-refractivity contribution in [2.75, 3.05) is 37.7 Å². The molecule has 1 saturated heterocycles. The van der Waals surface area contributed by atoms with E-state index in [0.29, 0.717) is 23.7 Å². The van der Waals surface area contributed by atoms with E-state index in [1.807, 2.05) is 25.1 Å². The van der Waals surface area contributed by atoms with Crippen molar-refractivity contribution in [2.24, 2.45) is 0 Å². The first-order valence-corrected chi connectivity index (χ1v) is 12.0. The van der Waals surface area contributed by atoms with Gasteiger partial charge in [-0.2, -0.15) is 0 Å². The van der Waals surface area contributed by atoms with Crippen molar-refractivity contribution in [1.29, 1.82) is 0 Å². The fraction of sp³-hybridized carbons (Fsp3) is 0.370. The smallest absolute Gasteiger partial charge is 0.101 e. The number of piperazine rings is 1. The molecule has 7 heteroatoms. The Morgan fingerprint density at radius 3 is 2.35 bits per heavy atom. The molecule has 1 aliphatic rings. The summed E-state index contributed by atoms with van der Waals surface area (Å²) in [5.41, 5.74) is 3.67. The fourth-order valence-corrected chi connectivity index (χ4v) is 4.73. The third-order valence-corrected chi connectivity index (χ3v) is 6.78. The molecule has 34 heavy (non-hydrogen) atoms. The zero-order valence-electron chi connectivity index (χ0n) is 19.4. The number of aromatic nitrogens is 1. The molecule has 0 aliphatic carbocycles. The van der Waals surface area contributed by atoms with Gasteiger partial charge in [0, 0.05) is 55.3 Å². The summed E-state index contributed by atoms with van der Waals surface area (Å²) in [5.74, 6) is 0. The fourth-order valence-electron chi connectivity index (χ4n) is 4.61. The van der Waals surface area contributed by atoms with Crippen LogP contribution in [0.15, 0.2) is 66.9 Å². The largest absolute Gasteiger partial charge is 0.396 e. The first-order chi connectivity index (χ1) is 16.4. The van der Waals surface area contributed by atoms with Crippen molar-refractivity contribution < 1.29 is 15.3 Å². The van der Waals surface area contributed by atoms with Gasteiger partial charge in [-0.3, -0.25) is 9.88 Å². The van der Waals surface area contributed by atoms with Gasteiger partial charge < -0.3 is 20.2 Å². The molecule has 2 atom stereocenters. The van der Waals surface area contributed by atoms with Crippen LogP contribution >= 0.6 is 11.6 Å². The number of halogens is 1. The van der Waals surface area contributed by atoms with E-state index in [0.717, 1.165) is 36.4 Å². The van der Waals surface area contributed by atoms with Crippen molar-refractivity contribution in [1.82, 2.24) is 9.88 Å². The Kier molecular flexibility index (Phi) is 7.86. The van der Waals surface area contributed by atoms with Gasteiger partial charge in [-0.1, -0.05) is 41.9 Å². The average Bonchev–Trinajstić information content (AvgIpc) is 2.85.